The molecule has 5 rings (SSSR count). The van der Waals surface area contributed by atoms with Crippen molar-refractivity contribution in [1.29, 1.82) is 0 Å². The van der Waals surface area contributed by atoms with Crippen LogP contribution < -0.4 is 4.57 Å². The molecular formula is C15H12N5+. The molecule has 20 heavy (non-hydrogen) atoms. The zero-order valence-electron chi connectivity index (χ0n) is 13.5. The fourth-order valence-corrected chi connectivity index (χ4v) is 3.08. The van der Waals surface area contributed by atoms with E-state index in [0.29, 0.717) is 17.8 Å². The van der Waals surface area contributed by atoms with Crippen molar-refractivity contribution in [2.45, 2.75) is 6.54 Å². The number of imidazole rings is 2. The number of rotatable bonds is 0. The second kappa shape index (κ2) is 3.25. The second-order valence-corrected chi connectivity index (χ2v) is 4.99. The van der Waals surface area contributed by atoms with Gasteiger partial charge in [0.15, 0.2) is 17.4 Å². The fraction of sp³-hybridized carbons (Fsp3) is 0.133. The van der Waals surface area contributed by atoms with Gasteiger partial charge in [-0.3, -0.25) is 9.55 Å². The molecule has 0 aliphatic carbocycles. The van der Waals surface area contributed by atoms with Gasteiger partial charge in [0.25, 0.3) is 5.82 Å². The first-order valence-corrected chi connectivity index (χ1v) is 6.40. The molecule has 0 unspecified atom stereocenters. The van der Waals surface area contributed by atoms with Crippen molar-refractivity contribution in [2.24, 2.45) is 6.98 Å². The summed E-state index contributed by atoms with van der Waals surface area (Å²) in [6.45, 7) is -1.59. The third-order valence-corrected chi connectivity index (χ3v) is 3.92. The first-order valence-electron chi connectivity index (χ1n) is 7.90. The Morgan fingerprint density at radius 1 is 1.35 bits per heavy atom. The molecule has 0 N–H and O–H groups in total. The molecule has 5 heterocycles. The van der Waals surface area contributed by atoms with Crippen molar-refractivity contribution in [2.75, 3.05) is 0 Å². The maximum atomic E-state index is 7.88. The van der Waals surface area contributed by atoms with Gasteiger partial charge in [0.1, 0.15) is 6.54 Å². The molecule has 96 valence electrons. The lowest BCUT2D eigenvalue weighted by Gasteiger charge is -1.92. The molecule has 0 fully saturated rings. The molecule has 4 aromatic rings. The number of pyridine rings is 2. The van der Waals surface area contributed by atoms with Crippen LogP contribution in [0.2, 0.25) is 0 Å². The average molecular weight is 265 g/mol. The van der Waals surface area contributed by atoms with E-state index in [0.717, 1.165) is 22.5 Å². The van der Waals surface area contributed by atoms with Gasteiger partial charge in [0.2, 0.25) is 5.65 Å². The first kappa shape index (κ1) is 7.79. The maximum absolute atomic E-state index is 7.88. The van der Waals surface area contributed by atoms with E-state index < -0.39 is 6.98 Å². The Morgan fingerprint density at radius 3 is 3.30 bits per heavy atom. The minimum atomic E-state index is -2.29. The monoisotopic (exact) mass is 265 g/mol. The summed E-state index contributed by atoms with van der Waals surface area (Å²) in [7, 11) is 0. The third kappa shape index (κ3) is 1.02. The number of hydrogen-bond donors (Lipinski definition) is 0. The number of nitrogens with zero attached hydrogens (tertiary/aromatic N) is 5. The van der Waals surface area contributed by atoms with Gasteiger partial charge in [-0.15, -0.1) is 0 Å². The third-order valence-electron chi connectivity index (χ3n) is 3.92. The van der Waals surface area contributed by atoms with Gasteiger partial charge >= 0.3 is 0 Å². The Hall–Kier alpha value is -2.69. The normalized spacial score (nSPS) is 15.9. The standard InChI is InChI=1S/C15H12N5/c1-18-13-9-19-8-10-7-16-6-4-11(10)15(19)20(13)12-3-2-5-17-14(12)18/h2-7,9H,8H2,1H3/q+1/i1D3. The van der Waals surface area contributed by atoms with Gasteiger partial charge < -0.3 is 0 Å². The van der Waals surface area contributed by atoms with Crippen LogP contribution in [0.3, 0.4) is 0 Å². The van der Waals surface area contributed by atoms with Gasteiger partial charge in [-0.1, -0.05) is 0 Å². The summed E-state index contributed by atoms with van der Waals surface area (Å²) in [6.07, 6.45) is 7.11. The largest absolute Gasteiger partial charge is 0.296 e. The van der Waals surface area contributed by atoms with E-state index in [1.165, 1.54) is 4.57 Å². The minimum Gasteiger partial charge on any atom is -0.289 e. The molecule has 0 aromatic carbocycles. The highest BCUT2D eigenvalue weighted by atomic mass is 15.2. The summed E-state index contributed by atoms with van der Waals surface area (Å²) in [6, 6.07) is 5.69. The summed E-state index contributed by atoms with van der Waals surface area (Å²) >= 11 is 0. The van der Waals surface area contributed by atoms with Crippen molar-refractivity contribution in [3.05, 3.63) is 48.5 Å². The quantitative estimate of drug-likeness (QED) is 0.398. The summed E-state index contributed by atoms with van der Waals surface area (Å²) in [4.78, 5) is 8.47. The highest BCUT2D eigenvalue weighted by Gasteiger charge is 2.33. The minimum absolute atomic E-state index is 0.466. The van der Waals surface area contributed by atoms with Crippen LogP contribution in [0.25, 0.3) is 28.2 Å². The molecule has 0 radical (unpaired) electrons. The Kier molecular flexibility index (Phi) is 1.27. The van der Waals surface area contributed by atoms with E-state index in [-0.39, 0.29) is 0 Å². The highest BCUT2D eigenvalue weighted by Crippen LogP contribution is 2.30. The lowest BCUT2D eigenvalue weighted by atomic mass is 10.2. The molecule has 0 atom stereocenters. The van der Waals surface area contributed by atoms with Gasteiger partial charge in [-0.2, -0.15) is 4.40 Å². The highest BCUT2D eigenvalue weighted by molar-refractivity contribution is 5.81. The van der Waals surface area contributed by atoms with E-state index in [2.05, 4.69) is 14.5 Å². The molecule has 5 nitrogen and oxygen atoms in total. The van der Waals surface area contributed by atoms with Crippen LogP contribution in [0, 0.1) is 0 Å². The summed E-state index contributed by atoms with van der Waals surface area (Å²) in [5.41, 5.74) is 4.09. The molecule has 1 aliphatic rings. The summed E-state index contributed by atoms with van der Waals surface area (Å²) in [5.74, 6) is 0.971. The van der Waals surface area contributed by atoms with E-state index in [1.807, 2.05) is 35.0 Å². The SMILES string of the molecule is [2H]C([2H])([2H])n1c2ncccc2n2c3[n+](cc12)Cc1cnccc1-3. The van der Waals surface area contributed by atoms with Crippen LogP contribution in [0.15, 0.2) is 43.0 Å². The van der Waals surface area contributed by atoms with Crippen LogP contribution in [-0.2, 0) is 13.5 Å². The molecule has 0 saturated carbocycles. The van der Waals surface area contributed by atoms with E-state index in [9.17, 15) is 0 Å². The molecule has 5 heteroatoms. The van der Waals surface area contributed by atoms with Crippen molar-refractivity contribution in [3.63, 3.8) is 0 Å². The van der Waals surface area contributed by atoms with Crippen molar-refractivity contribution < 1.29 is 8.68 Å². The van der Waals surface area contributed by atoms with Crippen LogP contribution in [0.5, 0.6) is 0 Å². The molecular weight excluding hydrogens is 250 g/mol. The van der Waals surface area contributed by atoms with Crippen molar-refractivity contribution in [1.82, 2.24) is 18.9 Å². The molecule has 0 bridgehead atoms. The molecule has 4 aromatic heterocycles. The summed E-state index contributed by atoms with van der Waals surface area (Å²) in [5, 5.41) is 0. The number of hydrogen-bond acceptors (Lipinski definition) is 2. The van der Waals surface area contributed by atoms with Gasteiger partial charge in [0.05, 0.1) is 5.56 Å². The Morgan fingerprint density at radius 2 is 2.35 bits per heavy atom. The average Bonchev–Trinajstić information content (AvgIpc) is 3.11. The van der Waals surface area contributed by atoms with Crippen LogP contribution in [0.4, 0.5) is 0 Å². The van der Waals surface area contributed by atoms with Crippen molar-refractivity contribution in [3.8, 4) is 11.4 Å². The predicted molar refractivity (Wildman–Crippen MR) is 74.2 cm³/mol. The Labute approximate surface area is 119 Å². The molecule has 1 aliphatic heterocycles. The van der Waals surface area contributed by atoms with E-state index in [1.54, 1.807) is 12.4 Å². The van der Waals surface area contributed by atoms with Crippen LogP contribution in [-0.4, -0.2) is 18.9 Å². The predicted octanol–water partition coefficient (Wildman–Crippen LogP) is 1.54. The topological polar surface area (TPSA) is 39.0 Å². The van der Waals surface area contributed by atoms with Gasteiger partial charge in [-0.25, -0.2) is 9.55 Å². The van der Waals surface area contributed by atoms with E-state index >= 15 is 0 Å². The van der Waals surface area contributed by atoms with Crippen LogP contribution >= 0.6 is 0 Å². The maximum Gasteiger partial charge on any atom is 0.296 e. The van der Waals surface area contributed by atoms with E-state index in [4.69, 9.17) is 4.11 Å². The lowest BCUT2D eigenvalue weighted by molar-refractivity contribution is -0.670. The van der Waals surface area contributed by atoms with Gasteiger partial charge in [0, 0.05) is 35.2 Å². The molecule has 0 saturated heterocycles. The number of fused-ring (bicyclic) bond motifs is 7. The number of aromatic nitrogens is 5. The zero-order valence-corrected chi connectivity index (χ0v) is 10.5. The Balaban J connectivity index is 2.00. The Bertz CT molecular complexity index is 1090. The lowest BCUT2D eigenvalue weighted by Crippen LogP contribution is -2.29. The van der Waals surface area contributed by atoms with Crippen LogP contribution in [0.1, 0.15) is 9.68 Å². The van der Waals surface area contributed by atoms with Crippen molar-refractivity contribution >= 4 is 16.8 Å². The first-order chi connectivity index (χ1) is 11.1. The summed E-state index contributed by atoms with van der Waals surface area (Å²) < 4.78 is 29.0. The van der Waals surface area contributed by atoms with Gasteiger partial charge in [-0.05, 0) is 18.2 Å². The fourth-order valence-electron chi connectivity index (χ4n) is 3.08. The molecule has 0 amide bonds. The number of aryl methyl sites for hydroxylation is 1. The smallest absolute Gasteiger partial charge is 0.289 e. The zero-order chi connectivity index (χ0) is 15.8. The molecule has 0 spiro atoms. The second-order valence-electron chi connectivity index (χ2n) is 4.99.